The zero-order valence-electron chi connectivity index (χ0n) is 12.7. The predicted molar refractivity (Wildman–Crippen MR) is 85.2 cm³/mol. The van der Waals surface area contributed by atoms with Crippen molar-refractivity contribution in [2.45, 2.75) is 43.0 Å². The first-order chi connectivity index (χ1) is 9.75. The Balaban J connectivity index is 2.24. The van der Waals surface area contributed by atoms with Gasteiger partial charge in [0.25, 0.3) is 0 Å². The number of hydrogen-bond acceptors (Lipinski definition) is 3. The van der Waals surface area contributed by atoms with E-state index in [9.17, 15) is 4.79 Å². The van der Waals surface area contributed by atoms with Crippen molar-refractivity contribution >= 4 is 17.7 Å². The number of aromatic nitrogens is 1. The Hall–Kier alpha value is -1.81. The third-order valence-corrected chi connectivity index (χ3v) is 4.05. The summed E-state index contributed by atoms with van der Waals surface area (Å²) in [7, 11) is 0. The summed E-state index contributed by atoms with van der Waals surface area (Å²) in [5, 5.41) is 9.79. The molecular weight excluding hydrogens is 282 g/mol. The number of aromatic carboxylic acids is 1. The van der Waals surface area contributed by atoms with Crippen molar-refractivity contribution in [3.8, 4) is 0 Å². The van der Waals surface area contributed by atoms with Crippen LogP contribution >= 0.6 is 11.8 Å². The average Bonchev–Trinajstić information content (AvgIpc) is 2.37. The number of nitrogens with zero attached hydrogens (tertiary/aromatic N) is 1. The molecule has 1 aromatic carbocycles. The molecule has 0 radical (unpaired) electrons. The van der Waals surface area contributed by atoms with E-state index in [0.29, 0.717) is 10.7 Å². The SMILES string of the molecule is Cc1cc(C(=O)O)cc(Sc2ccc(C(C)(C)C)cc2)n1. The number of hydrogen-bond donors (Lipinski definition) is 1. The zero-order valence-corrected chi connectivity index (χ0v) is 13.5. The van der Waals surface area contributed by atoms with Crippen LogP contribution in [0.2, 0.25) is 0 Å². The Bertz CT molecular complexity index is 657. The summed E-state index contributed by atoms with van der Waals surface area (Å²) in [5.41, 5.74) is 2.39. The van der Waals surface area contributed by atoms with Gasteiger partial charge in [-0.3, -0.25) is 0 Å². The van der Waals surface area contributed by atoms with E-state index in [1.54, 1.807) is 19.1 Å². The molecule has 0 aliphatic carbocycles. The smallest absolute Gasteiger partial charge is 0.335 e. The monoisotopic (exact) mass is 301 g/mol. The molecule has 21 heavy (non-hydrogen) atoms. The van der Waals surface area contributed by atoms with Gasteiger partial charge in [0.2, 0.25) is 0 Å². The molecule has 0 aliphatic heterocycles. The molecule has 0 amide bonds. The molecule has 0 fully saturated rings. The lowest BCUT2D eigenvalue weighted by molar-refractivity contribution is 0.0696. The van der Waals surface area contributed by atoms with Crippen molar-refractivity contribution in [2.24, 2.45) is 0 Å². The van der Waals surface area contributed by atoms with Gasteiger partial charge in [0.05, 0.1) is 5.56 Å². The van der Waals surface area contributed by atoms with Crippen LogP contribution in [0, 0.1) is 6.92 Å². The van der Waals surface area contributed by atoms with Crippen molar-refractivity contribution in [1.82, 2.24) is 4.98 Å². The van der Waals surface area contributed by atoms with Gasteiger partial charge in [-0.1, -0.05) is 44.7 Å². The molecule has 0 aliphatic rings. The molecule has 2 aromatic rings. The van der Waals surface area contributed by atoms with Crippen LogP contribution < -0.4 is 0 Å². The van der Waals surface area contributed by atoms with E-state index >= 15 is 0 Å². The van der Waals surface area contributed by atoms with Gasteiger partial charge >= 0.3 is 5.97 Å². The first kappa shape index (κ1) is 15.6. The summed E-state index contributed by atoms with van der Waals surface area (Å²) in [5.74, 6) is -0.926. The summed E-state index contributed by atoms with van der Waals surface area (Å²) in [6.07, 6.45) is 0. The van der Waals surface area contributed by atoms with Crippen LogP contribution in [0.3, 0.4) is 0 Å². The molecule has 0 atom stereocenters. The largest absolute Gasteiger partial charge is 0.478 e. The number of carboxylic acid groups (broad SMARTS) is 1. The van der Waals surface area contributed by atoms with E-state index in [-0.39, 0.29) is 11.0 Å². The standard InChI is InChI=1S/C17H19NO2S/c1-11-9-12(16(19)20)10-15(18-11)21-14-7-5-13(6-8-14)17(2,3)4/h5-10H,1-4H3,(H,19,20). The normalized spacial score (nSPS) is 11.4. The van der Waals surface area contributed by atoms with Gasteiger partial charge in [-0.15, -0.1) is 0 Å². The highest BCUT2D eigenvalue weighted by atomic mass is 32.2. The first-order valence-corrected chi connectivity index (χ1v) is 7.58. The molecule has 4 heteroatoms. The van der Waals surface area contributed by atoms with Crippen molar-refractivity contribution in [1.29, 1.82) is 0 Å². The molecule has 0 unspecified atom stereocenters. The highest BCUT2D eigenvalue weighted by molar-refractivity contribution is 7.99. The van der Waals surface area contributed by atoms with Crippen LogP contribution in [0.4, 0.5) is 0 Å². The minimum Gasteiger partial charge on any atom is -0.478 e. The maximum atomic E-state index is 11.1. The van der Waals surface area contributed by atoms with Crippen LogP contribution in [-0.4, -0.2) is 16.1 Å². The van der Waals surface area contributed by atoms with Crippen LogP contribution in [-0.2, 0) is 5.41 Å². The van der Waals surface area contributed by atoms with Crippen molar-refractivity contribution < 1.29 is 9.90 Å². The number of aryl methyl sites for hydroxylation is 1. The van der Waals surface area contributed by atoms with Gasteiger partial charge in [-0.05, 0) is 42.2 Å². The van der Waals surface area contributed by atoms with Gasteiger partial charge in [-0.25, -0.2) is 9.78 Å². The summed E-state index contributed by atoms with van der Waals surface area (Å²) >= 11 is 1.48. The van der Waals surface area contributed by atoms with E-state index in [1.165, 1.54) is 17.3 Å². The van der Waals surface area contributed by atoms with Crippen molar-refractivity contribution in [2.75, 3.05) is 0 Å². The highest BCUT2D eigenvalue weighted by Crippen LogP contribution is 2.30. The predicted octanol–water partition coefficient (Wildman–Crippen LogP) is 4.54. The molecule has 2 rings (SSSR count). The molecule has 1 heterocycles. The summed E-state index contributed by atoms with van der Waals surface area (Å²) in [6.45, 7) is 8.34. The fourth-order valence-corrected chi connectivity index (χ4v) is 2.85. The van der Waals surface area contributed by atoms with Gasteiger partial charge in [0.1, 0.15) is 5.03 Å². The number of benzene rings is 1. The van der Waals surface area contributed by atoms with Gasteiger partial charge in [0.15, 0.2) is 0 Å². The average molecular weight is 301 g/mol. The second kappa shape index (κ2) is 5.90. The molecule has 0 saturated carbocycles. The van der Waals surface area contributed by atoms with Crippen LogP contribution in [0.1, 0.15) is 42.4 Å². The molecular formula is C17H19NO2S. The van der Waals surface area contributed by atoms with E-state index in [1.807, 2.05) is 0 Å². The fraction of sp³-hybridized carbons (Fsp3) is 0.294. The Morgan fingerprint density at radius 1 is 1.14 bits per heavy atom. The molecule has 1 aromatic heterocycles. The van der Waals surface area contributed by atoms with Crippen LogP contribution in [0.5, 0.6) is 0 Å². The zero-order chi connectivity index (χ0) is 15.6. The third kappa shape index (κ3) is 4.08. The Morgan fingerprint density at radius 3 is 2.29 bits per heavy atom. The quantitative estimate of drug-likeness (QED) is 0.904. The van der Waals surface area contributed by atoms with Gasteiger partial charge in [-0.2, -0.15) is 0 Å². The molecule has 0 spiro atoms. The minimum absolute atomic E-state index is 0.126. The summed E-state index contributed by atoms with van der Waals surface area (Å²) < 4.78 is 0. The molecule has 1 N–H and O–H groups in total. The molecule has 0 bridgehead atoms. The fourth-order valence-electron chi connectivity index (χ4n) is 1.96. The first-order valence-electron chi connectivity index (χ1n) is 6.76. The number of pyridine rings is 1. The van der Waals surface area contributed by atoms with Gasteiger partial charge in [0, 0.05) is 10.6 Å². The van der Waals surface area contributed by atoms with E-state index in [0.717, 1.165) is 4.90 Å². The van der Waals surface area contributed by atoms with E-state index in [2.05, 4.69) is 50.0 Å². The number of carbonyl (C=O) groups is 1. The minimum atomic E-state index is -0.926. The van der Waals surface area contributed by atoms with Gasteiger partial charge < -0.3 is 5.11 Å². The lowest BCUT2D eigenvalue weighted by atomic mass is 9.87. The Kier molecular flexibility index (Phi) is 4.37. The van der Waals surface area contributed by atoms with Crippen molar-refractivity contribution in [3.63, 3.8) is 0 Å². The molecule has 110 valence electrons. The number of carboxylic acids is 1. The number of rotatable bonds is 3. The third-order valence-electron chi connectivity index (χ3n) is 3.12. The lowest BCUT2D eigenvalue weighted by Gasteiger charge is -2.19. The lowest BCUT2D eigenvalue weighted by Crippen LogP contribution is -2.10. The molecule has 3 nitrogen and oxygen atoms in total. The topological polar surface area (TPSA) is 50.2 Å². The van der Waals surface area contributed by atoms with Crippen molar-refractivity contribution in [3.05, 3.63) is 53.2 Å². The maximum absolute atomic E-state index is 11.1. The van der Waals surface area contributed by atoms with Crippen LogP contribution in [0.15, 0.2) is 46.3 Å². The summed E-state index contributed by atoms with van der Waals surface area (Å²) in [4.78, 5) is 16.5. The Labute approximate surface area is 129 Å². The van der Waals surface area contributed by atoms with E-state index in [4.69, 9.17) is 5.11 Å². The summed E-state index contributed by atoms with van der Waals surface area (Å²) in [6, 6.07) is 11.5. The Morgan fingerprint density at radius 2 is 1.76 bits per heavy atom. The highest BCUT2D eigenvalue weighted by Gasteiger charge is 2.13. The molecule has 0 saturated heterocycles. The second-order valence-electron chi connectivity index (χ2n) is 6.02. The van der Waals surface area contributed by atoms with E-state index < -0.39 is 5.97 Å². The maximum Gasteiger partial charge on any atom is 0.335 e. The van der Waals surface area contributed by atoms with Crippen LogP contribution in [0.25, 0.3) is 0 Å². The second-order valence-corrected chi connectivity index (χ2v) is 7.11.